The molecular weight excluding hydrogens is 428 g/mol. The molecule has 1 heterocycles. The Balaban J connectivity index is 1.66. The first kappa shape index (κ1) is 21.5. The molecule has 2 amide bonds. The molecule has 9 heteroatoms. The predicted octanol–water partition coefficient (Wildman–Crippen LogP) is 4.07. The maximum Gasteiger partial charge on any atom is 0.418 e. The van der Waals surface area contributed by atoms with Crippen molar-refractivity contribution in [2.75, 3.05) is 16.8 Å². The number of carbonyl (C=O) groups is 2. The molecule has 0 bridgehead atoms. The van der Waals surface area contributed by atoms with E-state index < -0.39 is 47.2 Å². The Labute approximate surface area is 179 Å². The minimum atomic E-state index is -4.68. The van der Waals surface area contributed by atoms with Gasteiger partial charge in [0.15, 0.2) is 5.60 Å². The van der Waals surface area contributed by atoms with Crippen LogP contribution in [0.5, 0.6) is 0 Å². The number of nitrogens with zero attached hydrogens (tertiary/aromatic N) is 1. The maximum absolute atomic E-state index is 13.8. The molecule has 0 aromatic heterocycles. The van der Waals surface area contributed by atoms with Gasteiger partial charge in [0, 0.05) is 11.1 Å². The van der Waals surface area contributed by atoms with Crippen molar-refractivity contribution in [3.63, 3.8) is 0 Å². The molecule has 3 aromatic carbocycles. The zero-order chi connectivity index (χ0) is 23.1. The Kier molecular flexibility index (Phi) is 5.21. The van der Waals surface area contributed by atoms with Crippen molar-refractivity contribution in [1.29, 1.82) is 0 Å². The summed E-state index contributed by atoms with van der Waals surface area (Å²) in [5.74, 6) is -2.47. The van der Waals surface area contributed by atoms with Gasteiger partial charge in [-0.1, -0.05) is 42.5 Å². The molecule has 0 spiro atoms. The summed E-state index contributed by atoms with van der Waals surface area (Å²) in [5, 5.41) is 13.5. The van der Waals surface area contributed by atoms with Gasteiger partial charge in [0.2, 0.25) is 5.91 Å². The topological polar surface area (TPSA) is 69.6 Å². The first-order chi connectivity index (χ1) is 15.1. The van der Waals surface area contributed by atoms with Gasteiger partial charge in [-0.25, -0.2) is 4.39 Å². The second kappa shape index (κ2) is 7.76. The molecule has 0 radical (unpaired) electrons. The third kappa shape index (κ3) is 3.60. The number of alkyl halides is 3. The Morgan fingerprint density at radius 1 is 1.00 bits per heavy atom. The van der Waals surface area contributed by atoms with Gasteiger partial charge in [-0.3, -0.25) is 14.5 Å². The van der Waals surface area contributed by atoms with Gasteiger partial charge < -0.3 is 10.4 Å². The second-order valence-electron chi connectivity index (χ2n) is 7.22. The molecule has 0 saturated carbocycles. The molecule has 2 N–H and O–H groups in total. The van der Waals surface area contributed by atoms with E-state index in [0.717, 1.165) is 29.2 Å². The highest BCUT2D eigenvalue weighted by Crippen LogP contribution is 2.44. The van der Waals surface area contributed by atoms with Crippen LogP contribution in [0.2, 0.25) is 0 Å². The van der Waals surface area contributed by atoms with Crippen molar-refractivity contribution in [1.82, 2.24) is 0 Å². The molecule has 5 nitrogen and oxygen atoms in total. The van der Waals surface area contributed by atoms with E-state index in [0.29, 0.717) is 0 Å². The zero-order valence-corrected chi connectivity index (χ0v) is 16.4. The van der Waals surface area contributed by atoms with E-state index in [1.54, 1.807) is 12.1 Å². The lowest BCUT2D eigenvalue weighted by molar-refractivity contribution is -0.137. The molecule has 3 aromatic rings. The Morgan fingerprint density at radius 3 is 2.41 bits per heavy atom. The van der Waals surface area contributed by atoms with Crippen LogP contribution in [-0.2, 0) is 21.4 Å². The fraction of sp³-hybridized carbons (Fsp3) is 0.130. The van der Waals surface area contributed by atoms with Crippen LogP contribution in [0.15, 0.2) is 72.8 Å². The summed E-state index contributed by atoms with van der Waals surface area (Å²) in [7, 11) is 0. The number of aliphatic hydroxyl groups is 1. The average molecular weight is 444 g/mol. The number of para-hydroxylation sites is 2. The lowest BCUT2D eigenvalue weighted by Gasteiger charge is -2.23. The molecule has 0 fully saturated rings. The lowest BCUT2D eigenvalue weighted by Crippen LogP contribution is -2.44. The lowest BCUT2D eigenvalue weighted by atomic mass is 9.87. The third-order valence-corrected chi connectivity index (χ3v) is 5.19. The van der Waals surface area contributed by atoms with Gasteiger partial charge in [0.25, 0.3) is 5.91 Å². The maximum atomic E-state index is 13.8. The van der Waals surface area contributed by atoms with Crippen LogP contribution in [0.25, 0.3) is 0 Å². The number of rotatable bonds is 4. The zero-order valence-electron chi connectivity index (χ0n) is 16.4. The predicted molar refractivity (Wildman–Crippen MR) is 108 cm³/mol. The van der Waals surface area contributed by atoms with Gasteiger partial charge in [0.05, 0.1) is 16.9 Å². The average Bonchev–Trinajstić information content (AvgIpc) is 2.96. The van der Waals surface area contributed by atoms with Crippen molar-refractivity contribution in [2.24, 2.45) is 0 Å². The summed E-state index contributed by atoms with van der Waals surface area (Å²) in [6, 6.07) is 15.4. The van der Waals surface area contributed by atoms with E-state index in [2.05, 4.69) is 5.32 Å². The number of hydrogen-bond donors (Lipinski definition) is 2. The minimum absolute atomic E-state index is 0.0275. The fourth-order valence-corrected chi connectivity index (χ4v) is 3.76. The largest absolute Gasteiger partial charge is 0.418 e. The normalized spacial score (nSPS) is 17.9. The molecule has 0 aliphatic carbocycles. The SMILES string of the molecule is O=C(CN1C(=O)[C@@](O)(c2cccc(F)c2)c2ccccc21)Nc1ccccc1C(F)(F)F. The number of carbonyl (C=O) groups excluding carboxylic acids is 2. The summed E-state index contributed by atoms with van der Waals surface area (Å²) in [6.45, 7) is -0.653. The summed E-state index contributed by atoms with van der Waals surface area (Å²) in [5.41, 5.74) is -3.42. The van der Waals surface area contributed by atoms with Crippen molar-refractivity contribution in [3.8, 4) is 0 Å². The van der Waals surface area contributed by atoms with Crippen molar-refractivity contribution in [2.45, 2.75) is 11.8 Å². The van der Waals surface area contributed by atoms with Crippen LogP contribution >= 0.6 is 0 Å². The number of benzene rings is 3. The second-order valence-corrected chi connectivity index (χ2v) is 7.22. The Hall–Kier alpha value is -3.72. The highest BCUT2D eigenvalue weighted by molar-refractivity contribution is 6.12. The van der Waals surface area contributed by atoms with E-state index in [1.165, 1.54) is 36.4 Å². The van der Waals surface area contributed by atoms with Crippen LogP contribution in [0, 0.1) is 5.82 Å². The van der Waals surface area contributed by atoms with Gasteiger partial charge in [0.1, 0.15) is 12.4 Å². The Bertz CT molecular complexity index is 1210. The number of hydrogen-bond acceptors (Lipinski definition) is 3. The number of fused-ring (bicyclic) bond motifs is 1. The minimum Gasteiger partial charge on any atom is -0.372 e. The monoisotopic (exact) mass is 444 g/mol. The smallest absolute Gasteiger partial charge is 0.372 e. The summed E-state index contributed by atoms with van der Waals surface area (Å²) >= 11 is 0. The molecule has 0 unspecified atom stereocenters. The molecule has 1 aliphatic rings. The van der Waals surface area contributed by atoms with Crippen molar-refractivity contribution in [3.05, 3.63) is 95.3 Å². The molecule has 1 aliphatic heterocycles. The van der Waals surface area contributed by atoms with Gasteiger partial charge in [-0.05, 0) is 30.3 Å². The molecule has 1 atom stereocenters. The molecule has 4 rings (SSSR count). The van der Waals surface area contributed by atoms with E-state index in [4.69, 9.17) is 0 Å². The summed E-state index contributed by atoms with van der Waals surface area (Å²) in [4.78, 5) is 26.8. The van der Waals surface area contributed by atoms with Crippen LogP contribution in [0.3, 0.4) is 0 Å². The third-order valence-electron chi connectivity index (χ3n) is 5.19. The highest BCUT2D eigenvalue weighted by Gasteiger charge is 2.51. The summed E-state index contributed by atoms with van der Waals surface area (Å²) in [6.07, 6.45) is -4.68. The molecular formula is C23H16F4N2O3. The number of halogens is 4. The van der Waals surface area contributed by atoms with Crippen LogP contribution < -0.4 is 10.2 Å². The first-order valence-corrected chi connectivity index (χ1v) is 9.48. The number of anilines is 2. The van der Waals surface area contributed by atoms with Crippen molar-refractivity contribution >= 4 is 23.2 Å². The highest BCUT2D eigenvalue weighted by atomic mass is 19.4. The van der Waals surface area contributed by atoms with E-state index in [9.17, 15) is 32.3 Å². The molecule has 0 saturated heterocycles. The number of nitrogens with one attached hydrogen (secondary N) is 1. The molecule has 32 heavy (non-hydrogen) atoms. The van der Waals surface area contributed by atoms with E-state index in [-0.39, 0.29) is 16.8 Å². The fourth-order valence-electron chi connectivity index (χ4n) is 3.76. The van der Waals surface area contributed by atoms with Gasteiger partial charge in [-0.2, -0.15) is 13.2 Å². The number of amides is 2. The van der Waals surface area contributed by atoms with Crippen molar-refractivity contribution < 1.29 is 32.3 Å². The summed E-state index contributed by atoms with van der Waals surface area (Å²) < 4.78 is 53.4. The standard InChI is InChI=1S/C23H16F4N2O3/c24-15-7-5-6-14(12-15)22(32)17-9-2-4-11-19(17)29(21(22)31)13-20(30)28-18-10-3-1-8-16(18)23(25,26)27/h1-12,32H,13H2,(H,28,30)/t22-/m1/s1. The first-order valence-electron chi connectivity index (χ1n) is 9.48. The van der Waals surface area contributed by atoms with Gasteiger partial charge in [-0.15, -0.1) is 0 Å². The van der Waals surface area contributed by atoms with Crippen LogP contribution in [-0.4, -0.2) is 23.5 Å². The van der Waals surface area contributed by atoms with E-state index in [1.807, 2.05) is 0 Å². The van der Waals surface area contributed by atoms with Gasteiger partial charge >= 0.3 is 6.18 Å². The van der Waals surface area contributed by atoms with Crippen LogP contribution in [0.1, 0.15) is 16.7 Å². The Morgan fingerprint density at radius 2 is 1.69 bits per heavy atom. The molecule has 164 valence electrons. The quantitative estimate of drug-likeness (QED) is 0.597. The van der Waals surface area contributed by atoms with Crippen LogP contribution in [0.4, 0.5) is 28.9 Å². The van der Waals surface area contributed by atoms with E-state index >= 15 is 0 Å².